The molecule has 18 heavy (non-hydrogen) atoms. The van der Waals surface area contributed by atoms with Gasteiger partial charge in [0.15, 0.2) is 0 Å². The number of carboxylic acid groups (broad SMARTS) is 1. The normalized spacial score (nSPS) is 21.8. The van der Waals surface area contributed by atoms with Crippen LogP contribution in [-0.4, -0.2) is 53.1 Å². The van der Waals surface area contributed by atoms with Crippen LogP contribution in [0.3, 0.4) is 0 Å². The molecular formula is C13H24N2O3. The average molecular weight is 256 g/mol. The fourth-order valence-electron chi connectivity index (χ4n) is 2.20. The molecule has 2 amide bonds. The number of carbonyl (C=O) groups excluding carboxylic acids is 1. The molecule has 0 aromatic rings. The lowest BCUT2D eigenvalue weighted by Gasteiger charge is -2.30. The lowest BCUT2D eigenvalue weighted by Crippen LogP contribution is -2.47. The Morgan fingerprint density at radius 2 is 1.94 bits per heavy atom. The van der Waals surface area contributed by atoms with E-state index in [0.717, 1.165) is 19.5 Å². The van der Waals surface area contributed by atoms with Crippen molar-refractivity contribution in [2.24, 2.45) is 11.3 Å². The molecule has 1 rings (SSSR count). The van der Waals surface area contributed by atoms with Crippen LogP contribution in [0.25, 0.3) is 0 Å². The molecule has 1 heterocycles. The van der Waals surface area contributed by atoms with E-state index < -0.39 is 12.0 Å². The molecule has 2 atom stereocenters. The summed E-state index contributed by atoms with van der Waals surface area (Å²) >= 11 is 0. The maximum Gasteiger partial charge on any atom is 0.326 e. The van der Waals surface area contributed by atoms with Crippen LogP contribution < -0.4 is 0 Å². The number of amides is 2. The van der Waals surface area contributed by atoms with Crippen molar-refractivity contribution in [3.8, 4) is 0 Å². The summed E-state index contributed by atoms with van der Waals surface area (Å²) in [5, 5.41) is 8.91. The maximum absolute atomic E-state index is 12.2. The largest absolute Gasteiger partial charge is 0.480 e. The molecule has 0 spiro atoms. The van der Waals surface area contributed by atoms with Crippen LogP contribution in [0.1, 0.15) is 34.1 Å². The number of rotatable bonds is 2. The molecule has 1 N–H and O–H groups in total. The van der Waals surface area contributed by atoms with Gasteiger partial charge in [-0.05, 0) is 24.7 Å². The first-order chi connectivity index (χ1) is 8.14. The molecule has 0 radical (unpaired) electrons. The van der Waals surface area contributed by atoms with Gasteiger partial charge >= 0.3 is 12.0 Å². The van der Waals surface area contributed by atoms with E-state index in [1.165, 1.54) is 11.8 Å². The number of likely N-dealkylation sites (tertiary alicyclic amines) is 1. The van der Waals surface area contributed by atoms with Crippen molar-refractivity contribution in [1.29, 1.82) is 0 Å². The zero-order chi connectivity index (χ0) is 14.1. The zero-order valence-corrected chi connectivity index (χ0v) is 11.9. The topological polar surface area (TPSA) is 60.9 Å². The summed E-state index contributed by atoms with van der Waals surface area (Å²) in [6.45, 7) is 9.49. The van der Waals surface area contributed by atoms with Crippen molar-refractivity contribution in [2.45, 2.75) is 40.2 Å². The summed E-state index contributed by atoms with van der Waals surface area (Å²) in [6.07, 6.45) is 0.991. The maximum atomic E-state index is 12.2. The molecule has 1 fully saturated rings. The number of carboxylic acids is 1. The predicted octanol–water partition coefficient (Wildman–Crippen LogP) is 1.88. The Balaban J connectivity index is 2.63. The lowest BCUT2D eigenvalue weighted by atomic mass is 9.80. The van der Waals surface area contributed by atoms with Crippen LogP contribution in [0.2, 0.25) is 0 Å². The Hall–Kier alpha value is -1.26. The Bertz CT molecular complexity index is 336. The Morgan fingerprint density at radius 1 is 1.39 bits per heavy atom. The number of nitrogens with zero attached hydrogens (tertiary/aromatic N) is 2. The van der Waals surface area contributed by atoms with Gasteiger partial charge in [0.05, 0.1) is 0 Å². The second-order valence-corrected chi connectivity index (χ2v) is 6.21. The number of hydrogen-bond donors (Lipinski definition) is 1. The van der Waals surface area contributed by atoms with Crippen LogP contribution in [0.15, 0.2) is 0 Å². The summed E-state index contributed by atoms with van der Waals surface area (Å²) < 4.78 is 0. The molecule has 1 aliphatic heterocycles. The molecule has 1 aliphatic rings. The van der Waals surface area contributed by atoms with Crippen molar-refractivity contribution >= 4 is 12.0 Å². The number of likely N-dealkylation sites (N-methyl/N-ethyl adjacent to an activating group) is 1. The van der Waals surface area contributed by atoms with Crippen molar-refractivity contribution in [2.75, 3.05) is 20.1 Å². The van der Waals surface area contributed by atoms with Gasteiger partial charge in [-0.25, -0.2) is 9.59 Å². The second-order valence-electron chi connectivity index (χ2n) is 6.21. The van der Waals surface area contributed by atoms with Crippen molar-refractivity contribution in [3.05, 3.63) is 0 Å². The number of hydrogen-bond acceptors (Lipinski definition) is 2. The predicted molar refractivity (Wildman–Crippen MR) is 69.4 cm³/mol. The van der Waals surface area contributed by atoms with E-state index in [4.69, 9.17) is 5.11 Å². The monoisotopic (exact) mass is 256 g/mol. The van der Waals surface area contributed by atoms with E-state index in [1.54, 1.807) is 11.9 Å². The van der Waals surface area contributed by atoms with Gasteiger partial charge in [0, 0.05) is 20.1 Å². The minimum atomic E-state index is -0.975. The Labute approximate surface area is 109 Å². The molecule has 2 unspecified atom stereocenters. The Kier molecular flexibility index (Phi) is 4.24. The summed E-state index contributed by atoms with van der Waals surface area (Å²) in [5.74, 6) is -0.493. The molecule has 1 saturated heterocycles. The third-order valence-electron chi connectivity index (χ3n) is 3.92. The smallest absolute Gasteiger partial charge is 0.326 e. The molecule has 0 bridgehead atoms. The summed E-state index contributed by atoms with van der Waals surface area (Å²) in [4.78, 5) is 26.1. The van der Waals surface area contributed by atoms with E-state index in [2.05, 4.69) is 20.8 Å². The van der Waals surface area contributed by atoms with E-state index >= 15 is 0 Å². The fraction of sp³-hybridized carbons (Fsp3) is 0.846. The van der Waals surface area contributed by atoms with Crippen molar-refractivity contribution in [1.82, 2.24) is 9.80 Å². The van der Waals surface area contributed by atoms with E-state index in [0.29, 0.717) is 5.92 Å². The van der Waals surface area contributed by atoms with Crippen LogP contribution in [0, 0.1) is 11.3 Å². The second kappa shape index (κ2) is 5.16. The molecule has 0 aliphatic carbocycles. The first-order valence-electron chi connectivity index (χ1n) is 6.39. The van der Waals surface area contributed by atoms with Gasteiger partial charge in [-0.1, -0.05) is 20.8 Å². The standard InChI is InChI=1S/C13H24N2O3/c1-9(11(16)17)14(5)12(18)15-7-6-10(8-15)13(2,3)4/h9-10H,6-8H2,1-5H3,(H,16,17). The minimum absolute atomic E-state index is 0.184. The van der Waals surface area contributed by atoms with Crippen LogP contribution in [-0.2, 0) is 4.79 Å². The van der Waals surface area contributed by atoms with E-state index in [1.807, 2.05) is 0 Å². The third-order valence-corrected chi connectivity index (χ3v) is 3.92. The van der Waals surface area contributed by atoms with E-state index in [9.17, 15) is 9.59 Å². The van der Waals surface area contributed by atoms with Crippen LogP contribution in [0.5, 0.6) is 0 Å². The molecule has 104 valence electrons. The van der Waals surface area contributed by atoms with Crippen molar-refractivity contribution < 1.29 is 14.7 Å². The average Bonchev–Trinajstić information content (AvgIpc) is 2.74. The SMILES string of the molecule is CC(C(=O)O)N(C)C(=O)N1CCC(C(C)(C)C)C1. The molecule has 0 aromatic heterocycles. The molecular weight excluding hydrogens is 232 g/mol. The summed E-state index contributed by atoms with van der Waals surface area (Å²) in [7, 11) is 1.55. The van der Waals surface area contributed by atoms with Gasteiger partial charge in [-0.2, -0.15) is 0 Å². The van der Waals surface area contributed by atoms with Gasteiger partial charge in [0.2, 0.25) is 0 Å². The van der Waals surface area contributed by atoms with Gasteiger partial charge in [-0.3, -0.25) is 0 Å². The molecule has 0 aromatic carbocycles. The molecule has 5 nitrogen and oxygen atoms in total. The summed E-state index contributed by atoms with van der Waals surface area (Å²) in [6, 6.07) is -0.970. The van der Waals surface area contributed by atoms with Crippen LogP contribution in [0.4, 0.5) is 4.79 Å². The van der Waals surface area contributed by atoms with Crippen LogP contribution >= 0.6 is 0 Å². The van der Waals surface area contributed by atoms with Gasteiger partial charge in [0.25, 0.3) is 0 Å². The quantitative estimate of drug-likeness (QED) is 0.820. The highest BCUT2D eigenvalue weighted by Gasteiger charge is 2.36. The molecule has 5 heteroatoms. The fourth-order valence-corrected chi connectivity index (χ4v) is 2.20. The number of carbonyl (C=O) groups is 2. The van der Waals surface area contributed by atoms with E-state index in [-0.39, 0.29) is 11.4 Å². The van der Waals surface area contributed by atoms with Gasteiger partial charge in [-0.15, -0.1) is 0 Å². The zero-order valence-electron chi connectivity index (χ0n) is 11.9. The van der Waals surface area contributed by atoms with Gasteiger partial charge in [0.1, 0.15) is 6.04 Å². The highest BCUT2D eigenvalue weighted by atomic mass is 16.4. The summed E-state index contributed by atoms with van der Waals surface area (Å²) in [5.41, 5.74) is 0.187. The van der Waals surface area contributed by atoms with Crippen molar-refractivity contribution in [3.63, 3.8) is 0 Å². The number of urea groups is 1. The first kappa shape index (κ1) is 14.8. The minimum Gasteiger partial charge on any atom is -0.480 e. The Morgan fingerprint density at radius 3 is 2.33 bits per heavy atom. The molecule has 0 saturated carbocycles. The lowest BCUT2D eigenvalue weighted by molar-refractivity contribution is -0.141. The highest BCUT2D eigenvalue weighted by molar-refractivity contribution is 5.82. The third kappa shape index (κ3) is 3.15. The number of aliphatic carboxylic acids is 1. The highest BCUT2D eigenvalue weighted by Crippen LogP contribution is 2.33. The first-order valence-corrected chi connectivity index (χ1v) is 6.39. The van der Waals surface area contributed by atoms with Gasteiger partial charge < -0.3 is 14.9 Å².